The van der Waals surface area contributed by atoms with E-state index in [2.05, 4.69) is 17.0 Å². The van der Waals surface area contributed by atoms with Crippen molar-refractivity contribution >= 4 is 5.91 Å². The van der Waals surface area contributed by atoms with Crippen molar-refractivity contribution < 1.29 is 4.79 Å². The first-order valence-corrected chi connectivity index (χ1v) is 7.18. The summed E-state index contributed by atoms with van der Waals surface area (Å²) in [7, 11) is 0. The summed E-state index contributed by atoms with van der Waals surface area (Å²) >= 11 is 0. The van der Waals surface area contributed by atoms with Crippen molar-refractivity contribution in [2.75, 3.05) is 13.1 Å². The van der Waals surface area contributed by atoms with Crippen LogP contribution >= 0.6 is 0 Å². The first kappa shape index (κ1) is 13.1. The molecule has 2 nitrogen and oxygen atoms in total. The maximum Gasteiger partial charge on any atom is 0.222 e. The molecule has 1 aromatic carbocycles. The zero-order chi connectivity index (χ0) is 12.6. The highest BCUT2D eigenvalue weighted by Crippen LogP contribution is 2.12. The maximum absolute atomic E-state index is 12.2. The van der Waals surface area contributed by atoms with E-state index >= 15 is 0 Å². The molecule has 1 aliphatic heterocycles. The van der Waals surface area contributed by atoms with Gasteiger partial charge in [-0.1, -0.05) is 49.6 Å². The molecule has 18 heavy (non-hydrogen) atoms. The molecule has 1 aromatic rings. The average molecular weight is 245 g/mol. The zero-order valence-electron chi connectivity index (χ0n) is 11.1. The van der Waals surface area contributed by atoms with E-state index in [0.29, 0.717) is 12.3 Å². The van der Waals surface area contributed by atoms with Gasteiger partial charge in [-0.25, -0.2) is 0 Å². The largest absolute Gasteiger partial charge is 0.343 e. The van der Waals surface area contributed by atoms with Gasteiger partial charge in [0.2, 0.25) is 5.91 Å². The van der Waals surface area contributed by atoms with Crippen LogP contribution in [0.1, 0.15) is 44.1 Å². The second kappa shape index (κ2) is 7.20. The Labute approximate surface area is 110 Å². The Morgan fingerprint density at radius 2 is 1.56 bits per heavy atom. The Kier molecular flexibility index (Phi) is 5.25. The number of carbonyl (C=O) groups excluding carboxylic acids is 1. The summed E-state index contributed by atoms with van der Waals surface area (Å²) in [5.41, 5.74) is 1.26. The van der Waals surface area contributed by atoms with E-state index in [4.69, 9.17) is 0 Å². The molecule has 0 aromatic heterocycles. The highest BCUT2D eigenvalue weighted by molar-refractivity contribution is 5.76. The maximum atomic E-state index is 12.2. The minimum Gasteiger partial charge on any atom is -0.343 e. The predicted molar refractivity (Wildman–Crippen MR) is 74.4 cm³/mol. The summed E-state index contributed by atoms with van der Waals surface area (Å²) < 4.78 is 0. The third-order valence-electron chi connectivity index (χ3n) is 3.68. The van der Waals surface area contributed by atoms with Gasteiger partial charge in [0.25, 0.3) is 0 Å². The third kappa shape index (κ3) is 4.17. The Morgan fingerprint density at radius 1 is 0.944 bits per heavy atom. The smallest absolute Gasteiger partial charge is 0.222 e. The molecular formula is C16H23NO. The lowest BCUT2D eigenvalue weighted by Crippen LogP contribution is -2.33. The van der Waals surface area contributed by atoms with Crippen LogP contribution in [0, 0.1) is 0 Å². The van der Waals surface area contributed by atoms with E-state index in [0.717, 1.165) is 19.5 Å². The highest BCUT2D eigenvalue weighted by Gasteiger charge is 2.14. The molecule has 2 heteroatoms. The summed E-state index contributed by atoms with van der Waals surface area (Å²) in [6, 6.07) is 10.3. The molecule has 2 rings (SSSR count). The van der Waals surface area contributed by atoms with Crippen molar-refractivity contribution in [2.24, 2.45) is 0 Å². The molecule has 1 aliphatic rings. The topological polar surface area (TPSA) is 20.3 Å². The Balaban J connectivity index is 1.79. The van der Waals surface area contributed by atoms with Gasteiger partial charge in [0.1, 0.15) is 0 Å². The minimum absolute atomic E-state index is 0.334. The fourth-order valence-electron chi connectivity index (χ4n) is 2.55. The molecule has 1 amide bonds. The average Bonchev–Trinajstić information content (AvgIpc) is 2.37. The van der Waals surface area contributed by atoms with Gasteiger partial charge in [-0.15, -0.1) is 0 Å². The summed E-state index contributed by atoms with van der Waals surface area (Å²) in [5.74, 6) is 0.334. The van der Waals surface area contributed by atoms with Gasteiger partial charge in [0.15, 0.2) is 0 Å². The SMILES string of the molecule is O=C(CCc1ccccc1)N1CCCCCCC1. The van der Waals surface area contributed by atoms with Crippen LogP contribution < -0.4 is 0 Å². The summed E-state index contributed by atoms with van der Waals surface area (Å²) in [5, 5.41) is 0. The summed E-state index contributed by atoms with van der Waals surface area (Å²) in [4.78, 5) is 14.2. The molecule has 0 atom stereocenters. The number of benzene rings is 1. The number of amides is 1. The van der Waals surface area contributed by atoms with Crippen LogP contribution in [0.25, 0.3) is 0 Å². The monoisotopic (exact) mass is 245 g/mol. The van der Waals surface area contributed by atoms with Crippen molar-refractivity contribution in [1.82, 2.24) is 4.90 Å². The molecule has 0 aliphatic carbocycles. The van der Waals surface area contributed by atoms with Crippen molar-refractivity contribution in [3.63, 3.8) is 0 Å². The van der Waals surface area contributed by atoms with Gasteiger partial charge < -0.3 is 4.90 Å². The predicted octanol–water partition coefficient (Wildman–Crippen LogP) is 3.41. The van der Waals surface area contributed by atoms with Crippen molar-refractivity contribution in [2.45, 2.75) is 44.9 Å². The normalized spacial score (nSPS) is 17.0. The zero-order valence-corrected chi connectivity index (χ0v) is 11.1. The van der Waals surface area contributed by atoms with Gasteiger partial charge >= 0.3 is 0 Å². The van der Waals surface area contributed by atoms with E-state index in [1.807, 2.05) is 18.2 Å². The van der Waals surface area contributed by atoms with Crippen LogP contribution in [-0.2, 0) is 11.2 Å². The van der Waals surface area contributed by atoms with Crippen LogP contribution in [0.5, 0.6) is 0 Å². The van der Waals surface area contributed by atoms with Crippen LogP contribution in [-0.4, -0.2) is 23.9 Å². The standard InChI is InChI=1S/C16H23NO/c18-16(12-11-15-9-5-4-6-10-15)17-13-7-2-1-3-8-14-17/h4-6,9-10H,1-3,7-8,11-14H2. The van der Waals surface area contributed by atoms with E-state index in [1.54, 1.807) is 0 Å². The molecule has 1 saturated heterocycles. The summed E-state index contributed by atoms with van der Waals surface area (Å²) in [6.07, 6.45) is 7.78. The first-order chi connectivity index (χ1) is 8.86. The number of hydrogen-bond acceptors (Lipinski definition) is 1. The fourth-order valence-corrected chi connectivity index (χ4v) is 2.55. The lowest BCUT2D eigenvalue weighted by Gasteiger charge is -2.24. The van der Waals surface area contributed by atoms with Crippen LogP contribution in [0.4, 0.5) is 0 Å². The van der Waals surface area contributed by atoms with E-state index in [9.17, 15) is 4.79 Å². The number of carbonyl (C=O) groups is 1. The van der Waals surface area contributed by atoms with Gasteiger partial charge in [-0.05, 0) is 24.8 Å². The van der Waals surface area contributed by atoms with Crippen molar-refractivity contribution in [1.29, 1.82) is 0 Å². The number of rotatable bonds is 3. The first-order valence-electron chi connectivity index (χ1n) is 7.18. The Hall–Kier alpha value is -1.31. The molecule has 1 heterocycles. The Bertz CT molecular complexity index is 353. The van der Waals surface area contributed by atoms with E-state index < -0.39 is 0 Å². The van der Waals surface area contributed by atoms with E-state index in [1.165, 1.54) is 37.7 Å². The van der Waals surface area contributed by atoms with Crippen LogP contribution in [0.2, 0.25) is 0 Å². The molecule has 1 fully saturated rings. The number of likely N-dealkylation sites (tertiary alicyclic amines) is 1. The molecule has 0 radical (unpaired) electrons. The van der Waals surface area contributed by atoms with Crippen LogP contribution in [0.15, 0.2) is 30.3 Å². The lowest BCUT2D eigenvalue weighted by atomic mass is 10.1. The molecule has 0 N–H and O–H groups in total. The number of hydrogen-bond donors (Lipinski definition) is 0. The number of aryl methyl sites for hydroxylation is 1. The Morgan fingerprint density at radius 3 is 2.22 bits per heavy atom. The van der Waals surface area contributed by atoms with Gasteiger partial charge in [0, 0.05) is 19.5 Å². The van der Waals surface area contributed by atoms with Gasteiger partial charge in [-0.2, -0.15) is 0 Å². The highest BCUT2D eigenvalue weighted by atomic mass is 16.2. The molecule has 98 valence electrons. The molecule has 0 spiro atoms. The lowest BCUT2D eigenvalue weighted by molar-refractivity contribution is -0.131. The minimum atomic E-state index is 0.334. The molecule has 0 bridgehead atoms. The van der Waals surface area contributed by atoms with Gasteiger partial charge in [0.05, 0.1) is 0 Å². The molecule has 0 unspecified atom stereocenters. The van der Waals surface area contributed by atoms with Crippen molar-refractivity contribution in [3.05, 3.63) is 35.9 Å². The molecular weight excluding hydrogens is 222 g/mol. The summed E-state index contributed by atoms with van der Waals surface area (Å²) in [6.45, 7) is 1.93. The van der Waals surface area contributed by atoms with Crippen LogP contribution in [0.3, 0.4) is 0 Å². The fraction of sp³-hybridized carbons (Fsp3) is 0.562. The van der Waals surface area contributed by atoms with E-state index in [-0.39, 0.29) is 0 Å². The van der Waals surface area contributed by atoms with Crippen molar-refractivity contribution in [3.8, 4) is 0 Å². The molecule has 0 saturated carbocycles. The quantitative estimate of drug-likeness (QED) is 0.799. The second-order valence-corrected chi connectivity index (χ2v) is 5.13. The second-order valence-electron chi connectivity index (χ2n) is 5.13. The third-order valence-corrected chi connectivity index (χ3v) is 3.68. The van der Waals surface area contributed by atoms with Gasteiger partial charge in [-0.3, -0.25) is 4.79 Å². The number of nitrogens with zero attached hydrogens (tertiary/aromatic N) is 1.